The first kappa shape index (κ1) is 18.8. The highest BCUT2D eigenvalue weighted by Crippen LogP contribution is 2.19. The molecule has 3 rings (SSSR count). The molecule has 0 spiro atoms. The van der Waals surface area contributed by atoms with Crippen LogP contribution in [0.15, 0.2) is 24.3 Å². The lowest BCUT2D eigenvalue weighted by Crippen LogP contribution is -2.56. The van der Waals surface area contributed by atoms with Gasteiger partial charge in [0.15, 0.2) is 0 Å². The summed E-state index contributed by atoms with van der Waals surface area (Å²) in [5.74, 6) is -0.512. The van der Waals surface area contributed by atoms with Crippen LogP contribution in [-0.4, -0.2) is 67.0 Å². The number of nitrogens with zero attached hydrogens (tertiary/aromatic N) is 2. The topological polar surface area (TPSA) is 61.9 Å². The van der Waals surface area contributed by atoms with E-state index in [0.29, 0.717) is 38.4 Å². The van der Waals surface area contributed by atoms with Crippen LogP contribution in [0, 0.1) is 5.82 Å². The van der Waals surface area contributed by atoms with E-state index in [-0.39, 0.29) is 30.1 Å². The Kier molecular flexibility index (Phi) is 6.21. The molecular formula is C19H26FN3O3. The minimum atomic E-state index is -0.571. The summed E-state index contributed by atoms with van der Waals surface area (Å²) in [7, 11) is 1.79. The zero-order valence-corrected chi connectivity index (χ0v) is 15.1. The fourth-order valence-corrected chi connectivity index (χ4v) is 3.60. The van der Waals surface area contributed by atoms with E-state index in [1.165, 1.54) is 6.07 Å². The zero-order chi connectivity index (χ0) is 18.5. The molecule has 2 fully saturated rings. The molecule has 2 aliphatic heterocycles. The Hall–Kier alpha value is -1.99. The summed E-state index contributed by atoms with van der Waals surface area (Å²) in [6, 6.07) is 6.14. The molecule has 0 saturated carbocycles. The van der Waals surface area contributed by atoms with Crippen LogP contribution in [-0.2, 0) is 20.9 Å². The molecule has 1 N–H and O–H groups in total. The second-order valence-electron chi connectivity index (χ2n) is 6.92. The second-order valence-corrected chi connectivity index (χ2v) is 6.92. The van der Waals surface area contributed by atoms with E-state index in [1.807, 2.05) is 4.90 Å². The number of halogens is 1. The molecule has 7 heteroatoms. The van der Waals surface area contributed by atoms with E-state index in [0.717, 1.165) is 12.8 Å². The molecule has 0 aromatic heterocycles. The van der Waals surface area contributed by atoms with Crippen LogP contribution in [0.1, 0.15) is 24.8 Å². The van der Waals surface area contributed by atoms with E-state index in [2.05, 4.69) is 5.32 Å². The van der Waals surface area contributed by atoms with Gasteiger partial charge in [0.05, 0.1) is 12.5 Å². The quantitative estimate of drug-likeness (QED) is 0.853. The Balaban J connectivity index is 1.67. The Morgan fingerprint density at radius 1 is 1.35 bits per heavy atom. The Labute approximate surface area is 153 Å². The van der Waals surface area contributed by atoms with Crippen molar-refractivity contribution in [3.8, 4) is 0 Å². The van der Waals surface area contributed by atoms with E-state index in [1.54, 1.807) is 30.1 Å². The molecule has 0 radical (unpaired) electrons. The number of carbonyl (C=O) groups excluding carboxylic acids is 2. The van der Waals surface area contributed by atoms with Crippen LogP contribution in [0.25, 0.3) is 0 Å². The molecule has 2 aliphatic rings. The van der Waals surface area contributed by atoms with Gasteiger partial charge in [-0.2, -0.15) is 0 Å². The Morgan fingerprint density at radius 2 is 2.08 bits per heavy atom. The van der Waals surface area contributed by atoms with Crippen molar-refractivity contribution in [3.63, 3.8) is 0 Å². The number of benzene rings is 1. The first-order chi connectivity index (χ1) is 12.6. The van der Waals surface area contributed by atoms with Crippen LogP contribution in [0.5, 0.6) is 0 Å². The fraction of sp³-hybridized carbons (Fsp3) is 0.579. The van der Waals surface area contributed by atoms with Crippen molar-refractivity contribution in [3.05, 3.63) is 35.6 Å². The van der Waals surface area contributed by atoms with E-state index >= 15 is 0 Å². The first-order valence-corrected chi connectivity index (χ1v) is 9.15. The molecule has 2 heterocycles. The number of piperazine rings is 1. The minimum Gasteiger partial charge on any atom is -0.381 e. The largest absolute Gasteiger partial charge is 0.381 e. The third kappa shape index (κ3) is 4.40. The summed E-state index contributed by atoms with van der Waals surface area (Å²) in [4.78, 5) is 28.7. The third-order valence-electron chi connectivity index (χ3n) is 5.27. The van der Waals surface area contributed by atoms with Crippen LogP contribution in [0.3, 0.4) is 0 Å². The summed E-state index contributed by atoms with van der Waals surface area (Å²) in [6.07, 6.45) is 1.74. The normalized spacial score (nSPS) is 22.1. The van der Waals surface area contributed by atoms with Crippen LogP contribution < -0.4 is 5.32 Å². The molecule has 2 amide bonds. The van der Waals surface area contributed by atoms with Crippen molar-refractivity contribution in [1.82, 2.24) is 15.1 Å². The molecule has 0 aliphatic carbocycles. The molecular weight excluding hydrogens is 337 g/mol. The van der Waals surface area contributed by atoms with E-state index < -0.39 is 6.04 Å². The Bertz CT molecular complexity index is 649. The third-order valence-corrected chi connectivity index (χ3v) is 5.27. The number of ether oxygens (including phenoxy) is 1. The fourth-order valence-electron chi connectivity index (χ4n) is 3.60. The van der Waals surface area contributed by atoms with Gasteiger partial charge in [0.25, 0.3) is 0 Å². The van der Waals surface area contributed by atoms with Crippen LogP contribution >= 0.6 is 0 Å². The van der Waals surface area contributed by atoms with Gasteiger partial charge in [0, 0.05) is 51.5 Å². The van der Waals surface area contributed by atoms with Gasteiger partial charge in [-0.05, 0) is 18.9 Å². The molecule has 26 heavy (non-hydrogen) atoms. The molecule has 0 unspecified atom stereocenters. The standard InChI is InChI=1S/C19H26FN3O3/c1-22(15-6-10-26-11-7-15)18(24)12-17-19(25)21-8-9-23(17)13-14-4-2-3-5-16(14)20/h2-5,15,17H,6-13H2,1H3,(H,21,25)/t17-/m0/s1. The molecule has 142 valence electrons. The van der Waals surface area contributed by atoms with Gasteiger partial charge in [-0.3, -0.25) is 14.5 Å². The lowest BCUT2D eigenvalue weighted by Gasteiger charge is -2.37. The van der Waals surface area contributed by atoms with E-state index in [4.69, 9.17) is 4.74 Å². The number of amides is 2. The number of hydrogen-bond donors (Lipinski definition) is 1. The summed E-state index contributed by atoms with van der Waals surface area (Å²) in [5.41, 5.74) is 0.539. The zero-order valence-electron chi connectivity index (χ0n) is 15.1. The summed E-state index contributed by atoms with van der Waals surface area (Å²) in [5, 5.41) is 2.82. The van der Waals surface area contributed by atoms with Gasteiger partial charge in [0.2, 0.25) is 11.8 Å². The number of rotatable bonds is 5. The van der Waals surface area contributed by atoms with Crippen molar-refractivity contribution >= 4 is 11.8 Å². The van der Waals surface area contributed by atoms with Gasteiger partial charge in [-0.1, -0.05) is 18.2 Å². The SMILES string of the molecule is CN(C(=O)C[C@H]1C(=O)NCCN1Cc1ccccc1F)C1CCOCC1. The maximum atomic E-state index is 14.0. The predicted octanol–water partition coefficient (Wildman–Crippen LogP) is 1.15. The highest BCUT2D eigenvalue weighted by Gasteiger charge is 2.34. The molecule has 0 bridgehead atoms. The first-order valence-electron chi connectivity index (χ1n) is 9.15. The van der Waals surface area contributed by atoms with Crippen molar-refractivity contribution in [2.24, 2.45) is 0 Å². The van der Waals surface area contributed by atoms with Crippen LogP contribution in [0.4, 0.5) is 4.39 Å². The smallest absolute Gasteiger partial charge is 0.237 e. The Morgan fingerprint density at radius 3 is 2.81 bits per heavy atom. The summed E-state index contributed by atoms with van der Waals surface area (Å²) in [6.45, 7) is 2.74. The molecule has 1 aromatic carbocycles. The minimum absolute atomic E-state index is 0.0579. The highest BCUT2D eigenvalue weighted by atomic mass is 19.1. The monoisotopic (exact) mass is 363 g/mol. The van der Waals surface area contributed by atoms with E-state index in [9.17, 15) is 14.0 Å². The molecule has 2 saturated heterocycles. The average Bonchev–Trinajstić information content (AvgIpc) is 2.66. The number of hydrogen-bond acceptors (Lipinski definition) is 4. The predicted molar refractivity (Wildman–Crippen MR) is 94.8 cm³/mol. The van der Waals surface area contributed by atoms with Gasteiger partial charge >= 0.3 is 0 Å². The van der Waals surface area contributed by atoms with Crippen molar-refractivity contribution < 1.29 is 18.7 Å². The number of carbonyl (C=O) groups is 2. The lowest BCUT2D eigenvalue weighted by molar-refractivity contribution is -0.140. The summed E-state index contributed by atoms with van der Waals surface area (Å²) >= 11 is 0. The highest BCUT2D eigenvalue weighted by molar-refractivity contribution is 5.88. The summed E-state index contributed by atoms with van der Waals surface area (Å²) < 4.78 is 19.3. The van der Waals surface area contributed by atoms with Crippen LogP contribution in [0.2, 0.25) is 0 Å². The van der Waals surface area contributed by atoms with Crippen molar-refractivity contribution in [2.75, 3.05) is 33.4 Å². The van der Waals surface area contributed by atoms with Gasteiger partial charge < -0.3 is 15.0 Å². The maximum absolute atomic E-state index is 14.0. The maximum Gasteiger partial charge on any atom is 0.237 e. The van der Waals surface area contributed by atoms with Crippen molar-refractivity contribution in [1.29, 1.82) is 0 Å². The lowest BCUT2D eigenvalue weighted by atomic mass is 10.0. The number of nitrogens with one attached hydrogen (secondary N) is 1. The van der Waals surface area contributed by atoms with Gasteiger partial charge in [-0.25, -0.2) is 4.39 Å². The van der Waals surface area contributed by atoms with Crippen molar-refractivity contribution in [2.45, 2.75) is 37.9 Å². The van der Waals surface area contributed by atoms with Gasteiger partial charge in [0.1, 0.15) is 5.82 Å². The van der Waals surface area contributed by atoms with Gasteiger partial charge in [-0.15, -0.1) is 0 Å². The molecule has 6 nitrogen and oxygen atoms in total. The molecule has 1 atom stereocenters. The second kappa shape index (κ2) is 8.60. The average molecular weight is 363 g/mol. The molecule has 1 aromatic rings.